The van der Waals surface area contributed by atoms with E-state index < -0.39 is 0 Å². The number of aromatic nitrogens is 1. The molecule has 0 fully saturated rings. The van der Waals surface area contributed by atoms with Crippen LogP contribution < -0.4 is 10.1 Å². The minimum absolute atomic E-state index is 0.0357. The zero-order chi connectivity index (χ0) is 22.0. The van der Waals surface area contributed by atoms with Gasteiger partial charge in [0.05, 0.1) is 0 Å². The Kier molecular flexibility index (Phi) is 5.76. The maximum atomic E-state index is 12.2. The molecule has 31 heavy (non-hydrogen) atoms. The summed E-state index contributed by atoms with van der Waals surface area (Å²) < 4.78 is 11.5. The van der Waals surface area contributed by atoms with Crippen molar-refractivity contribution in [3.05, 3.63) is 88.3 Å². The van der Waals surface area contributed by atoms with Crippen LogP contribution in [0.5, 0.6) is 5.75 Å². The highest BCUT2D eigenvalue weighted by atomic mass is 16.5. The predicted molar refractivity (Wildman–Crippen MR) is 123 cm³/mol. The number of oxazole rings is 1. The molecule has 1 amide bonds. The molecule has 0 aliphatic rings. The fourth-order valence-corrected chi connectivity index (χ4v) is 3.33. The zero-order valence-corrected chi connectivity index (χ0v) is 18.3. The minimum atomic E-state index is -0.198. The Bertz CT molecular complexity index is 1200. The maximum Gasteiger partial charge on any atom is 0.262 e. The van der Waals surface area contributed by atoms with Gasteiger partial charge in [0.25, 0.3) is 5.91 Å². The molecular formula is C26H26N2O3. The summed E-state index contributed by atoms with van der Waals surface area (Å²) in [4.78, 5) is 16.8. The molecule has 4 rings (SSSR count). The number of hydrogen-bond donors (Lipinski definition) is 1. The van der Waals surface area contributed by atoms with E-state index in [0.29, 0.717) is 18.1 Å². The zero-order valence-electron chi connectivity index (χ0n) is 18.3. The first-order chi connectivity index (χ1) is 14.9. The van der Waals surface area contributed by atoms with Crippen molar-refractivity contribution >= 4 is 22.7 Å². The predicted octanol–water partition coefficient (Wildman–Crippen LogP) is 5.67. The van der Waals surface area contributed by atoms with Gasteiger partial charge in [-0.3, -0.25) is 4.79 Å². The number of amides is 1. The van der Waals surface area contributed by atoms with Crippen LogP contribution in [0.15, 0.2) is 59.0 Å². The first kappa shape index (κ1) is 20.7. The lowest BCUT2D eigenvalue weighted by molar-refractivity contribution is -0.118. The molecule has 0 saturated heterocycles. The molecule has 0 radical (unpaired) electrons. The highest BCUT2D eigenvalue weighted by Gasteiger charge is 2.09. The van der Waals surface area contributed by atoms with Crippen LogP contribution in [-0.2, 0) is 11.2 Å². The van der Waals surface area contributed by atoms with E-state index in [1.165, 1.54) is 16.7 Å². The van der Waals surface area contributed by atoms with Crippen molar-refractivity contribution in [1.82, 2.24) is 4.98 Å². The van der Waals surface area contributed by atoms with E-state index in [1.807, 2.05) is 62.4 Å². The van der Waals surface area contributed by atoms with Gasteiger partial charge in [-0.15, -0.1) is 0 Å². The quantitative estimate of drug-likeness (QED) is 0.441. The van der Waals surface area contributed by atoms with E-state index in [2.05, 4.69) is 30.2 Å². The molecule has 0 aliphatic carbocycles. The summed E-state index contributed by atoms with van der Waals surface area (Å²) in [7, 11) is 0. The number of benzene rings is 3. The molecule has 3 aromatic carbocycles. The number of ether oxygens (including phenoxy) is 1. The molecule has 0 unspecified atom stereocenters. The molecular weight excluding hydrogens is 388 g/mol. The molecule has 1 N–H and O–H groups in total. The number of hydrogen-bond acceptors (Lipinski definition) is 4. The molecule has 4 aromatic rings. The average molecular weight is 415 g/mol. The number of rotatable bonds is 6. The Morgan fingerprint density at radius 3 is 2.35 bits per heavy atom. The lowest BCUT2D eigenvalue weighted by atomic mass is 10.1. The highest BCUT2D eigenvalue weighted by Crippen LogP contribution is 2.22. The van der Waals surface area contributed by atoms with Gasteiger partial charge in [0.15, 0.2) is 18.1 Å². The van der Waals surface area contributed by atoms with Gasteiger partial charge < -0.3 is 14.5 Å². The number of carbonyl (C=O) groups is 1. The van der Waals surface area contributed by atoms with Gasteiger partial charge in [-0.05, 0) is 91.9 Å². The number of fused-ring (bicyclic) bond motifs is 1. The summed E-state index contributed by atoms with van der Waals surface area (Å²) in [6.45, 7) is 8.17. The van der Waals surface area contributed by atoms with Crippen LogP contribution in [0.1, 0.15) is 33.7 Å². The fourth-order valence-electron chi connectivity index (χ4n) is 3.33. The van der Waals surface area contributed by atoms with E-state index in [1.54, 1.807) is 0 Å². The second-order valence-corrected chi connectivity index (χ2v) is 7.97. The molecule has 0 aliphatic heterocycles. The van der Waals surface area contributed by atoms with Crippen molar-refractivity contribution < 1.29 is 13.9 Å². The smallest absolute Gasteiger partial charge is 0.262 e. The normalized spacial score (nSPS) is 11.0. The average Bonchev–Trinajstić information content (AvgIpc) is 3.11. The van der Waals surface area contributed by atoms with Crippen molar-refractivity contribution in [2.45, 2.75) is 34.1 Å². The van der Waals surface area contributed by atoms with E-state index >= 15 is 0 Å². The molecule has 158 valence electrons. The number of anilines is 1. The molecule has 0 atom stereocenters. The summed E-state index contributed by atoms with van der Waals surface area (Å²) in [5.74, 6) is 1.17. The topological polar surface area (TPSA) is 64.4 Å². The van der Waals surface area contributed by atoms with Crippen molar-refractivity contribution in [3.8, 4) is 5.75 Å². The van der Waals surface area contributed by atoms with Crippen LogP contribution in [0.25, 0.3) is 11.1 Å². The van der Waals surface area contributed by atoms with Crippen molar-refractivity contribution in [2.24, 2.45) is 0 Å². The summed E-state index contributed by atoms with van der Waals surface area (Å²) in [5, 5.41) is 2.86. The van der Waals surface area contributed by atoms with E-state index in [-0.39, 0.29) is 12.5 Å². The van der Waals surface area contributed by atoms with Gasteiger partial charge >= 0.3 is 0 Å². The lowest BCUT2D eigenvalue weighted by Gasteiger charge is -2.09. The van der Waals surface area contributed by atoms with Crippen LogP contribution in [0.4, 0.5) is 5.69 Å². The van der Waals surface area contributed by atoms with Crippen molar-refractivity contribution in [2.75, 3.05) is 11.9 Å². The highest BCUT2D eigenvalue weighted by molar-refractivity contribution is 5.91. The fraction of sp³-hybridized carbons (Fsp3) is 0.231. The molecule has 5 heteroatoms. The van der Waals surface area contributed by atoms with Gasteiger partial charge in [-0.1, -0.05) is 18.2 Å². The van der Waals surface area contributed by atoms with Crippen molar-refractivity contribution in [3.63, 3.8) is 0 Å². The third-order valence-electron chi connectivity index (χ3n) is 5.49. The number of nitrogens with zero attached hydrogens (tertiary/aromatic N) is 1. The first-order valence-electron chi connectivity index (χ1n) is 10.3. The Hall–Kier alpha value is -3.60. The molecule has 0 spiro atoms. The molecule has 0 saturated carbocycles. The van der Waals surface area contributed by atoms with E-state index in [0.717, 1.165) is 27.9 Å². The lowest BCUT2D eigenvalue weighted by Crippen LogP contribution is -2.20. The third kappa shape index (κ3) is 4.94. The Balaban J connectivity index is 1.34. The van der Waals surface area contributed by atoms with E-state index in [9.17, 15) is 4.79 Å². The first-order valence-corrected chi connectivity index (χ1v) is 10.3. The number of carbonyl (C=O) groups excluding carboxylic acids is 1. The van der Waals surface area contributed by atoms with Gasteiger partial charge in [0, 0.05) is 12.1 Å². The van der Waals surface area contributed by atoms with Gasteiger partial charge in [-0.2, -0.15) is 0 Å². The third-order valence-corrected chi connectivity index (χ3v) is 5.49. The minimum Gasteiger partial charge on any atom is -0.484 e. The Labute approximate surface area is 182 Å². The number of nitrogens with one attached hydrogen (secondary N) is 1. The van der Waals surface area contributed by atoms with E-state index in [4.69, 9.17) is 9.15 Å². The summed E-state index contributed by atoms with van der Waals surface area (Å²) in [6, 6.07) is 17.6. The summed E-state index contributed by atoms with van der Waals surface area (Å²) in [6.07, 6.45) is 0.594. The summed E-state index contributed by atoms with van der Waals surface area (Å²) >= 11 is 0. The second kappa shape index (κ2) is 8.64. The monoisotopic (exact) mass is 414 g/mol. The standard InChI is InChI=1S/C26H26N2O3/c1-16-5-10-22(11-17(16)2)30-15-25(29)27-21-8-6-20(7-9-21)14-26-28-23-12-18(3)19(4)13-24(23)31-26/h5-13H,14-15H2,1-4H3,(H,27,29). The van der Waals surface area contributed by atoms with Crippen LogP contribution in [0.3, 0.4) is 0 Å². The van der Waals surface area contributed by atoms with Gasteiger partial charge in [0.2, 0.25) is 0 Å². The largest absolute Gasteiger partial charge is 0.484 e. The van der Waals surface area contributed by atoms with Crippen LogP contribution in [-0.4, -0.2) is 17.5 Å². The Morgan fingerprint density at radius 2 is 1.61 bits per heavy atom. The van der Waals surface area contributed by atoms with Gasteiger partial charge in [-0.25, -0.2) is 4.98 Å². The molecule has 5 nitrogen and oxygen atoms in total. The summed E-state index contributed by atoms with van der Waals surface area (Å²) in [5.41, 5.74) is 8.20. The molecule has 1 heterocycles. The molecule has 1 aromatic heterocycles. The maximum absolute atomic E-state index is 12.2. The van der Waals surface area contributed by atoms with Crippen LogP contribution in [0, 0.1) is 27.7 Å². The SMILES string of the molecule is Cc1ccc(OCC(=O)Nc2ccc(Cc3nc4cc(C)c(C)cc4o3)cc2)cc1C. The van der Waals surface area contributed by atoms with Crippen LogP contribution in [0.2, 0.25) is 0 Å². The molecule has 0 bridgehead atoms. The Morgan fingerprint density at radius 1 is 0.903 bits per heavy atom. The van der Waals surface area contributed by atoms with Crippen LogP contribution >= 0.6 is 0 Å². The number of aryl methyl sites for hydroxylation is 4. The van der Waals surface area contributed by atoms with Gasteiger partial charge in [0.1, 0.15) is 11.3 Å². The van der Waals surface area contributed by atoms with Crippen molar-refractivity contribution in [1.29, 1.82) is 0 Å². The second-order valence-electron chi connectivity index (χ2n) is 7.97.